The Hall–Kier alpha value is -1.93. The monoisotopic (exact) mass is 500 g/mol. The van der Waals surface area contributed by atoms with Gasteiger partial charge in [0.25, 0.3) is 5.91 Å². The van der Waals surface area contributed by atoms with Crippen molar-refractivity contribution in [1.82, 2.24) is 4.90 Å². The highest BCUT2D eigenvalue weighted by molar-refractivity contribution is 8.00. The van der Waals surface area contributed by atoms with Crippen LogP contribution in [0.15, 0.2) is 41.3 Å². The molecule has 2 aromatic rings. The fourth-order valence-electron chi connectivity index (χ4n) is 2.97. The largest absolute Gasteiger partial charge is 0.452 e. The highest BCUT2D eigenvalue weighted by atomic mass is 35.5. The summed E-state index contributed by atoms with van der Waals surface area (Å²) in [5, 5.41) is 3.22. The standard InChI is InChI=1S/C21H19Cl3N2O4S/c22-14-9-16(24)17(10-15(14)23)25-19(27)11-30-21(29)13-5-1-2-6-18(13)31-12-20(28)26-7-3-4-8-26/h1-2,5-6,9-10H,3-4,7-8,11-12H2,(H,25,27). The summed E-state index contributed by atoms with van der Waals surface area (Å²) in [6.45, 7) is 1.04. The minimum atomic E-state index is -0.660. The highest BCUT2D eigenvalue weighted by Crippen LogP contribution is 2.32. The summed E-state index contributed by atoms with van der Waals surface area (Å²) in [5.74, 6) is -0.959. The zero-order chi connectivity index (χ0) is 22.4. The third-order valence-electron chi connectivity index (χ3n) is 4.54. The van der Waals surface area contributed by atoms with Crippen LogP contribution in [0, 0.1) is 0 Å². The van der Waals surface area contributed by atoms with E-state index in [9.17, 15) is 14.4 Å². The lowest BCUT2D eigenvalue weighted by Gasteiger charge is -2.15. The van der Waals surface area contributed by atoms with E-state index in [2.05, 4.69) is 5.32 Å². The first-order valence-corrected chi connectivity index (χ1v) is 11.6. The maximum atomic E-state index is 12.5. The van der Waals surface area contributed by atoms with Gasteiger partial charge in [0, 0.05) is 18.0 Å². The van der Waals surface area contributed by atoms with Crippen molar-refractivity contribution in [3.05, 3.63) is 57.0 Å². The average Bonchev–Trinajstić information content (AvgIpc) is 3.29. The van der Waals surface area contributed by atoms with Gasteiger partial charge >= 0.3 is 5.97 Å². The molecule has 31 heavy (non-hydrogen) atoms. The Balaban J connectivity index is 1.56. The Morgan fingerprint density at radius 3 is 2.42 bits per heavy atom. The van der Waals surface area contributed by atoms with Crippen molar-refractivity contribution < 1.29 is 19.1 Å². The number of thioether (sulfide) groups is 1. The number of nitrogens with zero attached hydrogens (tertiary/aromatic N) is 1. The third kappa shape index (κ3) is 6.53. The summed E-state index contributed by atoms with van der Waals surface area (Å²) in [7, 11) is 0. The molecule has 0 radical (unpaired) electrons. The number of benzene rings is 2. The number of carbonyl (C=O) groups is 3. The zero-order valence-electron chi connectivity index (χ0n) is 16.3. The molecule has 0 aliphatic carbocycles. The second kappa shape index (κ2) is 11.1. The number of halogens is 3. The lowest BCUT2D eigenvalue weighted by atomic mass is 10.2. The van der Waals surface area contributed by atoms with Crippen molar-refractivity contribution in [3.63, 3.8) is 0 Å². The fourth-order valence-corrected chi connectivity index (χ4v) is 4.51. The zero-order valence-corrected chi connectivity index (χ0v) is 19.4. The lowest BCUT2D eigenvalue weighted by molar-refractivity contribution is -0.127. The van der Waals surface area contributed by atoms with Crippen LogP contribution in [0.5, 0.6) is 0 Å². The molecule has 1 fully saturated rings. The molecule has 0 unspecified atom stereocenters. The minimum absolute atomic E-state index is 0.0450. The Kier molecular flexibility index (Phi) is 8.49. The maximum Gasteiger partial charge on any atom is 0.339 e. The molecule has 0 aromatic heterocycles. The minimum Gasteiger partial charge on any atom is -0.452 e. The van der Waals surface area contributed by atoms with Gasteiger partial charge < -0.3 is 15.0 Å². The van der Waals surface area contributed by atoms with Crippen molar-refractivity contribution in [1.29, 1.82) is 0 Å². The molecule has 2 amide bonds. The summed E-state index contributed by atoms with van der Waals surface area (Å²) < 4.78 is 5.14. The van der Waals surface area contributed by atoms with Gasteiger partial charge in [-0.25, -0.2) is 4.79 Å². The van der Waals surface area contributed by atoms with E-state index in [0.29, 0.717) is 10.5 Å². The molecule has 1 aliphatic rings. The highest BCUT2D eigenvalue weighted by Gasteiger charge is 2.20. The number of esters is 1. The van der Waals surface area contributed by atoms with Crippen molar-refractivity contribution in [2.24, 2.45) is 0 Å². The first kappa shape index (κ1) is 23.7. The number of ether oxygens (including phenoxy) is 1. The van der Waals surface area contributed by atoms with E-state index in [4.69, 9.17) is 39.5 Å². The third-order valence-corrected chi connectivity index (χ3v) is 6.63. The number of rotatable bonds is 7. The van der Waals surface area contributed by atoms with Crippen molar-refractivity contribution >= 4 is 70.0 Å². The predicted molar refractivity (Wildman–Crippen MR) is 123 cm³/mol. The first-order chi connectivity index (χ1) is 14.8. The van der Waals surface area contributed by atoms with Crippen LogP contribution in [0.2, 0.25) is 15.1 Å². The predicted octanol–water partition coefficient (Wildman–Crippen LogP) is 5.16. The summed E-state index contributed by atoms with van der Waals surface area (Å²) in [6.07, 6.45) is 2.05. The molecule has 0 saturated carbocycles. The molecular formula is C21H19Cl3N2O4S. The first-order valence-electron chi connectivity index (χ1n) is 9.46. The van der Waals surface area contributed by atoms with E-state index in [0.717, 1.165) is 25.9 Å². The van der Waals surface area contributed by atoms with E-state index in [1.54, 1.807) is 24.3 Å². The number of hydrogen-bond acceptors (Lipinski definition) is 5. The molecule has 6 nitrogen and oxygen atoms in total. The van der Waals surface area contributed by atoms with E-state index in [-0.39, 0.29) is 32.4 Å². The fraction of sp³-hybridized carbons (Fsp3) is 0.286. The van der Waals surface area contributed by atoms with Gasteiger partial charge in [-0.3, -0.25) is 9.59 Å². The number of hydrogen-bond donors (Lipinski definition) is 1. The number of amides is 2. The molecular weight excluding hydrogens is 483 g/mol. The molecule has 3 rings (SSSR count). The molecule has 1 saturated heterocycles. The molecule has 1 N–H and O–H groups in total. The van der Waals surface area contributed by atoms with Gasteiger partial charge in [-0.2, -0.15) is 0 Å². The van der Waals surface area contributed by atoms with Gasteiger partial charge in [-0.05, 0) is 37.1 Å². The topological polar surface area (TPSA) is 75.7 Å². The molecule has 10 heteroatoms. The van der Waals surface area contributed by atoms with Gasteiger partial charge in [0.05, 0.1) is 32.1 Å². The average molecular weight is 502 g/mol. The lowest BCUT2D eigenvalue weighted by Crippen LogP contribution is -2.29. The van der Waals surface area contributed by atoms with Crippen molar-refractivity contribution in [2.75, 3.05) is 30.8 Å². The number of anilines is 1. The van der Waals surface area contributed by atoms with Crippen LogP contribution < -0.4 is 5.32 Å². The molecule has 164 valence electrons. The van der Waals surface area contributed by atoms with Crippen LogP contribution >= 0.6 is 46.6 Å². The SMILES string of the molecule is O=C(COC(=O)c1ccccc1SCC(=O)N1CCCC1)Nc1cc(Cl)c(Cl)cc1Cl. The Morgan fingerprint density at radius 1 is 1.00 bits per heavy atom. The van der Waals surface area contributed by atoms with Crippen LogP contribution in [-0.4, -0.2) is 48.1 Å². The number of carbonyl (C=O) groups excluding carboxylic acids is 3. The van der Waals surface area contributed by atoms with Crippen LogP contribution in [0.1, 0.15) is 23.2 Å². The Labute approximate surface area is 199 Å². The maximum absolute atomic E-state index is 12.5. The molecule has 0 bridgehead atoms. The van der Waals surface area contributed by atoms with Gasteiger partial charge in [-0.15, -0.1) is 11.8 Å². The van der Waals surface area contributed by atoms with Crippen molar-refractivity contribution in [2.45, 2.75) is 17.7 Å². The second-order valence-corrected chi connectivity index (χ2v) is 8.98. The Bertz CT molecular complexity index is 997. The molecule has 0 atom stereocenters. The van der Waals surface area contributed by atoms with Gasteiger partial charge in [0.1, 0.15) is 0 Å². The number of nitrogens with one attached hydrogen (secondary N) is 1. The normalized spacial score (nSPS) is 13.2. The molecule has 2 aromatic carbocycles. The Morgan fingerprint density at radius 2 is 1.68 bits per heavy atom. The van der Waals surface area contributed by atoms with E-state index in [1.807, 2.05) is 4.90 Å². The van der Waals surface area contributed by atoms with Gasteiger partial charge in [-0.1, -0.05) is 46.9 Å². The summed E-state index contributed by atoms with van der Waals surface area (Å²) in [4.78, 5) is 39.4. The van der Waals surface area contributed by atoms with E-state index < -0.39 is 18.5 Å². The smallest absolute Gasteiger partial charge is 0.339 e. The van der Waals surface area contributed by atoms with Crippen LogP contribution in [0.3, 0.4) is 0 Å². The van der Waals surface area contributed by atoms with Crippen LogP contribution in [-0.2, 0) is 14.3 Å². The quantitative estimate of drug-likeness (QED) is 0.322. The summed E-state index contributed by atoms with van der Waals surface area (Å²) in [6, 6.07) is 9.63. The van der Waals surface area contributed by atoms with E-state index in [1.165, 1.54) is 23.9 Å². The number of likely N-dealkylation sites (tertiary alicyclic amines) is 1. The molecule has 1 heterocycles. The van der Waals surface area contributed by atoms with E-state index >= 15 is 0 Å². The summed E-state index contributed by atoms with van der Waals surface area (Å²) >= 11 is 19.1. The molecule has 1 aliphatic heterocycles. The molecule has 0 spiro atoms. The van der Waals surface area contributed by atoms with Gasteiger partial charge in [0.2, 0.25) is 5.91 Å². The second-order valence-electron chi connectivity index (χ2n) is 6.74. The van der Waals surface area contributed by atoms with Crippen molar-refractivity contribution in [3.8, 4) is 0 Å². The van der Waals surface area contributed by atoms with Crippen LogP contribution in [0.25, 0.3) is 0 Å². The van der Waals surface area contributed by atoms with Crippen LogP contribution in [0.4, 0.5) is 5.69 Å². The summed E-state index contributed by atoms with van der Waals surface area (Å²) in [5.41, 5.74) is 0.551. The van der Waals surface area contributed by atoms with Gasteiger partial charge in [0.15, 0.2) is 6.61 Å².